The largest absolute Gasteiger partial charge is 0.396 e. The topological polar surface area (TPSA) is 20.2 Å². The molecule has 3 saturated carbocycles. The predicted octanol–water partition coefficient (Wildman–Crippen LogP) is 6.61. The third kappa shape index (κ3) is 2.83. The van der Waals surface area contributed by atoms with Gasteiger partial charge in [-0.05, 0) is 111 Å². The van der Waals surface area contributed by atoms with Gasteiger partial charge in [0.2, 0.25) is 0 Å². The van der Waals surface area contributed by atoms with Gasteiger partial charge in [0.15, 0.2) is 0 Å². The van der Waals surface area contributed by atoms with Crippen molar-refractivity contribution in [2.75, 3.05) is 6.61 Å². The molecular weight excluding hydrogens is 316 g/mol. The van der Waals surface area contributed by atoms with Crippen LogP contribution in [0.2, 0.25) is 0 Å². The van der Waals surface area contributed by atoms with E-state index in [1.165, 1.54) is 57.8 Å². The van der Waals surface area contributed by atoms with Gasteiger partial charge in [-0.25, -0.2) is 0 Å². The van der Waals surface area contributed by atoms with Crippen molar-refractivity contribution in [2.24, 2.45) is 46.3 Å². The molecule has 148 valence electrons. The quantitative estimate of drug-likeness (QED) is 0.561. The molecule has 1 heteroatoms. The maximum Gasteiger partial charge on any atom is 0.0431 e. The van der Waals surface area contributed by atoms with Crippen molar-refractivity contribution in [2.45, 2.75) is 91.9 Å². The Hall–Kier alpha value is -0.300. The standard InChI is InChI=1S/C25H42O/c1-17-11-13-24(3)19(16-17)7-8-20-22-10-9-21(18(2)6-5-15-26)25(22,4)14-12-23(20)24/h7,17-18,20-23,26H,5-6,8-16H2,1-4H3/t17-,18+,20-,21+,22-,23-,24-,25+/m0/s1. The van der Waals surface area contributed by atoms with E-state index in [0.29, 0.717) is 17.4 Å². The minimum absolute atomic E-state index is 0.367. The van der Waals surface area contributed by atoms with Crippen LogP contribution in [0.1, 0.15) is 91.9 Å². The average Bonchev–Trinajstić information content (AvgIpc) is 2.97. The van der Waals surface area contributed by atoms with Crippen LogP contribution in [0.5, 0.6) is 0 Å². The van der Waals surface area contributed by atoms with Gasteiger partial charge < -0.3 is 5.11 Å². The second-order valence-electron chi connectivity index (χ2n) is 11.2. The maximum absolute atomic E-state index is 9.26. The van der Waals surface area contributed by atoms with Gasteiger partial charge >= 0.3 is 0 Å². The summed E-state index contributed by atoms with van der Waals surface area (Å²) in [6.45, 7) is 10.6. The van der Waals surface area contributed by atoms with Crippen LogP contribution in [0.15, 0.2) is 11.6 Å². The highest BCUT2D eigenvalue weighted by Gasteiger charge is 2.58. The summed E-state index contributed by atoms with van der Waals surface area (Å²) in [7, 11) is 0. The summed E-state index contributed by atoms with van der Waals surface area (Å²) in [5.74, 6) is 5.45. The molecule has 0 unspecified atom stereocenters. The van der Waals surface area contributed by atoms with Crippen molar-refractivity contribution in [3.63, 3.8) is 0 Å². The van der Waals surface area contributed by atoms with Crippen LogP contribution in [0.4, 0.5) is 0 Å². The molecule has 0 aliphatic heterocycles. The summed E-state index contributed by atoms with van der Waals surface area (Å²) < 4.78 is 0. The molecule has 8 atom stereocenters. The van der Waals surface area contributed by atoms with Crippen LogP contribution in [0.3, 0.4) is 0 Å². The summed E-state index contributed by atoms with van der Waals surface area (Å²) in [5.41, 5.74) is 2.93. The Kier molecular flexibility index (Phi) is 5.08. The maximum atomic E-state index is 9.26. The molecule has 0 aromatic rings. The Morgan fingerprint density at radius 2 is 1.92 bits per heavy atom. The summed E-state index contributed by atoms with van der Waals surface area (Å²) >= 11 is 0. The summed E-state index contributed by atoms with van der Waals surface area (Å²) in [6, 6.07) is 0. The number of fused-ring (bicyclic) bond motifs is 5. The minimum atomic E-state index is 0.367. The first kappa shape index (κ1) is 19.0. The van der Waals surface area contributed by atoms with E-state index in [2.05, 4.69) is 33.8 Å². The van der Waals surface area contributed by atoms with E-state index in [9.17, 15) is 5.11 Å². The molecule has 4 aliphatic rings. The second kappa shape index (κ2) is 6.94. The van der Waals surface area contributed by atoms with Gasteiger partial charge in [-0.3, -0.25) is 0 Å². The van der Waals surface area contributed by atoms with E-state index >= 15 is 0 Å². The lowest BCUT2D eigenvalue weighted by Crippen LogP contribution is -2.50. The van der Waals surface area contributed by atoms with Crippen LogP contribution in [0.25, 0.3) is 0 Å². The molecule has 4 rings (SSSR count). The van der Waals surface area contributed by atoms with Crippen molar-refractivity contribution in [1.29, 1.82) is 0 Å². The molecule has 3 fully saturated rings. The molecule has 1 N–H and O–H groups in total. The lowest BCUT2D eigenvalue weighted by Gasteiger charge is -2.58. The number of hydrogen-bond donors (Lipinski definition) is 1. The van der Waals surface area contributed by atoms with Crippen molar-refractivity contribution in [3.05, 3.63) is 11.6 Å². The summed E-state index contributed by atoms with van der Waals surface area (Å²) in [5, 5.41) is 9.26. The van der Waals surface area contributed by atoms with Crippen molar-refractivity contribution < 1.29 is 5.11 Å². The Morgan fingerprint density at radius 3 is 2.69 bits per heavy atom. The van der Waals surface area contributed by atoms with E-state index in [-0.39, 0.29) is 0 Å². The third-order valence-corrected chi connectivity index (χ3v) is 9.93. The molecular formula is C25H42O. The van der Waals surface area contributed by atoms with Crippen molar-refractivity contribution in [3.8, 4) is 0 Å². The molecule has 0 bridgehead atoms. The second-order valence-corrected chi connectivity index (χ2v) is 11.2. The molecule has 0 radical (unpaired) electrons. The van der Waals surface area contributed by atoms with Gasteiger partial charge in [0.1, 0.15) is 0 Å². The van der Waals surface area contributed by atoms with E-state index < -0.39 is 0 Å². The molecule has 0 saturated heterocycles. The van der Waals surface area contributed by atoms with Gasteiger partial charge in [0.05, 0.1) is 0 Å². The fourth-order valence-corrected chi connectivity index (χ4v) is 8.43. The SMILES string of the molecule is C[C@H]1CC[C@@]2(C)C(=CC[C@H]3[C@@H]4CC[C@H]([C@H](C)CCCO)[C@@]4(C)CC[C@@H]32)C1. The van der Waals surface area contributed by atoms with Crippen molar-refractivity contribution in [1.82, 2.24) is 0 Å². The van der Waals surface area contributed by atoms with Crippen LogP contribution in [-0.2, 0) is 0 Å². The van der Waals surface area contributed by atoms with Crippen molar-refractivity contribution >= 4 is 0 Å². The highest BCUT2D eigenvalue weighted by molar-refractivity contribution is 5.25. The lowest BCUT2D eigenvalue weighted by molar-refractivity contribution is -0.0524. The molecule has 0 aromatic carbocycles. The minimum Gasteiger partial charge on any atom is -0.396 e. The molecule has 0 aromatic heterocycles. The first-order chi connectivity index (χ1) is 12.4. The van der Waals surface area contributed by atoms with Gasteiger partial charge in [-0.15, -0.1) is 0 Å². The van der Waals surface area contributed by atoms with E-state index in [4.69, 9.17) is 0 Å². The molecule has 4 aliphatic carbocycles. The van der Waals surface area contributed by atoms with Crippen LogP contribution in [0, 0.1) is 46.3 Å². The average molecular weight is 359 g/mol. The Balaban J connectivity index is 1.56. The molecule has 0 amide bonds. The molecule has 26 heavy (non-hydrogen) atoms. The predicted molar refractivity (Wildman–Crippen MR) is 110 cm³/mol. The molecule has 0 spiro atoms. The Labute approximate surface area is 162 Å². The van der Waals surface area contributed by atoms with E-state index in [0.717, 1.165) is 41.9 Å². The zero-order chi connectivity index (χ0) is 18.5. The molecule has 1 nitrogen and oxygen atoms in total. The first-order valence-corrected chi connectivity index (χ1v) is 11.7. The third-order valence-electron chi connectivity index (χ3n) is 9.93. The van der Waals surface area contributed by atoms with Crippen LogP contribution < -0.4 is 0 Å². The fraction of sp³-hybridized carbons (Fsp3) is 0.920. The van der Waals surface area contributed by atoms with E-state index in [1.54, 1.807) is 0 Å². The summed E-state index contributed by atoms with van der Waals surface area (Å²) in [6.07, 6.45) is 16.4. The highest BCUT2D eigenvalue weighted by Crippen LogP contribution is 2.67. The Morgan fingerprint density at radius 1 is 1.12 bits per heavy atom. The Bertz CT molecular complexity index is 550. The van der Waals surface area contributed by atoms with Gasteiger partial charge in [0, 0.05) is 6.61 Å². The van der Waals surface area contributed by atoms with Gasteiger partial charge in [0.25, 0.3) is 0 Å². The number of allylic oxidation sites excluding steroid dienone is 2. The number of hydrogen-bond acceptors (Lipinski definition) is 1. The number of rotatable bonds is 4. The van der Waals surface area contributed by atoms with Gasteiger partial charge in [-0.1, -0.05) is 39.3 Å². The normalized spacial score (nSPS) is 49.0. The molecule has 0 heterocycles. The zero-order valence-corrected chi connectivity index (χ0v) is 17.8. The highest BCUT2D eigenvalue weighted by atomic mass is 16.2. The fourth-order valence-electron chi connectivity index (χ4n) is 8.43. The van der Waals surface area contributed by atoms with Crippen LogP contribution >= 0.6 is 0 Å². The number of aliphatic hydroxyl groups excluding tert-OH is 1. The number of aliphatic hydroxyl groups is 1. The van der Waals surface area contributed by atoms with E-state index in [1.807, 2.05) is 5.57 Å². The van der Waals surface area contributed by atoms with Crippen LogP contribution in [-0.4, -0.2) is 11.7 Å². The van der Waals surface area contributed by atoms with Gasteiger partial charge in [-0.2, -0.15) is 0 Å². The zero-order valence-electron chi connectivity index (χ0n) is 17.8. The monoisotopic (exact) mass is 358 g/mol. The first-order valence-electron chi connectivity index (χ1n) is 11.7. The summed E-state index contributed by atoms with van der Waals surface area (Å²) in [4.78, 5) is 0. The smallest absolute Gasteiger partial charge is 0.0431 e. The lowest BCUT2D eigenvalue weighted by atomic mass is 9.46.